The minimum Gasteiger partial charge on any atom is -0.314 e. The van der Waals surface area contributed by atoms with E-state index >= 15 is 0 Å². The van der Waals surface area contributed by atoms with Gasteiger partial charge in [0, 0.05) is 12.5 Å². The van der Waals surface area contributed by atoms with E-state index in [2.05, 4.69) is 33.6 Å². The molecule has 4 nitrogen and oxygen atoms in total. The third-order valence-corrected chi connectivity index (χ3v) is 5.38. The Bertz CT molecular complexity index is 945. The molecule has 3 aromatic rings. The van der Waals surface area contributed by atoms with Crippen molar-refractivity contribution in [1.82, 2.24) is 19.7 Å². The molecule has 2 aromatic heterocycles. The Kier molecular flexibility index (Phi) is 4.72. The van der Waals surface area contributed by atoms with Crippen molar-refractivity contribution in [3.63, 3.8) is 0 Å². The Morgan fingerprint density at radius 3 is 2.52 bits per heavy atom. The largest absolute Gasteiger partial charge is 0.314 e. The van der Waals surface area contributed by atoms with E-state index in [0.717, 1.165) is 48.7 Å². The molecule has 0 amide bonds. The lowest BCUT2D eigenvalue weighted by molar-refractivity contribution is 0.509. The topological polar surface area (TPSA) is 43.6 Å². The van der Waals surface area contributed by atoms with Gasteiger partial charge in [0.2, 0.25) is 0 Å². The molecule has 0 radical (unpaired) electrons. The lowest BCUT2D eigenvalue weighted by atomic mass is 9.87. The van der Waals surface area contributed by atoms with Crippen molar-refractivity contribution in [3.8, 4) is 0 Å². The Morgan fingerprint density at radius 1 is 1.11 bits per heavy atom. The molecule has 1 fully saturated rings. The second-order valence-electron chi connectivity index (χ2n) is 7.65. The normalized spacial score (nSPS) is 14.5. The molecule has 0 N–H and O–H groups in total. The molecule has 1 aliphatic carbocycles. The minimum atomic E-state index is -0.423. The highest BCUT2D eigenvalue weighted by atomic mass is 35.5. The van der Waals surface area contributed by atoms with Gasteiger partial charge in [-0.2, -0.15) is 0 Å². The fraction of sp³-hybridized carbons (Fsp3) is 0.381. The zero-order chi connectivity index (χ0) is 19.0. The lowest BCUT2D eigenvalue weighted by Crippen LogP contribution is -2.27. The van der Waals surface area contributed by atoms with E-state index in [-0.39, 0.29) is 5.82 Å². The number of hydrogen-bond donors (Lipinski definition) is 0. The molecule has 0 unspecified atom stereocenters. The summed E-state index contributed by atoms with van der Waals surface area (Å²) in [5, 5.41) is 9.53. The van der Waals surface area contributed by atoms with Gasteiger partial charge in [0.05, 0.1) is 11.1 Å². The van der Waals surface area contributed by atoms with Crippen LogP contribution in [-0.4, -0.2) is 19.7 Å². The van der Waals surface area contributed by atoms with Crippen LogP contribution < -0.4 is 0 Å². The highest BCUT2D eigenvalue weighted by Gasteiger charge is 2.36. The molecule has 1 saturated carbocycles. The molecule has 0 bridgehead atoms. The predicted molar refractivity (Wildman–Crippen MR) is 103 cm³/mol. The standard InChI is InChI=1S/C21H22ClFN4/c1-21(2,17-4-3-5-18(22)24-17)20-26-25-19(15-8-9-15)27(20)13-12-14-6-10-16(23)11-7-14/h3-7,10-11,15H,8-9,12-13H2,1-2H3. The van der Waals surface area contributed by atoms with Gasteiger partial charge in [-0.05, 0) is 62.9 Å². The number of rotatable bonds is 6. The number of benzene rings is 1. The summed E-state index contributed by atoms with van der Waals surface area (Å²) >= 11 is 6.11. The van der Waals surface area contributed by atoms with Crippen LogP contribution in [0.1, 0.15) is 55.5 Å². The Labute approximate surface area is 163 Å². The van der Waals surface area contributed by atoms with Crippen molar-refractivity contribution in [2.45, 2.75) is 51.0 Å². The van der Waals surface area contributed by atoms with E-state index in [1.807, 2.05) is 24.3 Å². The van der Waals surface area contributed by atoms with Crippen LogP contribution in [0.2, 0.25) is 5.15 Å². The number of halogens is 2. The van der Waals surface area contributed by atoms with E-state index in [1.54, 1.807) is 6.07 Å². The predicted octanol–water partition coefficient (Wildman–Crippen LogP) is 4.91. The first-order chi connectivity index (χ1) is 12.9. The SMILES string of the molecule is CC(C)(c1cccc(Cl)n1)c1nnc(C2CC2)n1CCc1ccc(F)cc1. The van der Waals surface area contributed by atoms with Crippen LogP contribution in [0, 0.1) is 5.82 Å². The summed E-state index contributed by atoms with van der Waals surface area (Å²) in [4.78, 5) is 4.50. The molecular weight excluding hydrogens is 363 g/mol. The first-order valence-corrected chi connectivity index (χ1v) is 9.64. The molecule has 140 valence electrons. The lowest BCUT2D eigenvalue weighted by Gasteiger charge is -2.24. The molecule has 0 spiro atoms. The average Bonchev–Trinajstić information content (AvgIpc) is 3.40. The van der Waals surface area contributed by atoms with Gasteiger partial charge in [0.15, 0.2) is 0 Å². The van der Waals surface area contributed by atoms with Gasteiger partial charge in [-0.1, -0.05) is 29.8 Å². The first-order valence-electron chi connectivity index (χ1n) is 9.26. The average molecular weight is 385 g/mol. The van der Waals surface area contributed by atoms with Gasteiger partial charge in [0.25, 0.3) is 0 Å². The summed E-state index contributed by atoms with van der Waals surface area (Å²) < 4.78 is 15.4. The van der Waals surface area contributed by atoms with E-state index in [4.69, 9.17) is 11.6 Å². The number of pyridine rings is 1. The summed E-state index contributed by atoms with van der Waals surface area (Å²) in [5.41, 5.74) is 1.54. The van der Waals surface area contributed by atoms with Gasteiger partial charge in [-0.25, -0.2) is 9.37 Å². The summed E-state index contributed by atoms with van der Waals surface area (Å²) in [6.45, 7) is 4.95. The van der Waals surface area contributed by atoms with Gasteiger partial charge >= 0.3 is 0 Å². The Balaban J connectivity index is 1.67. The van der Waals surface area contributed by atoms with Crippen LogP contribution >= 0.6 is 11.6 Å². The highest BCUT2D eigenvalue weighted by Crippen LogP contribution is 2.41. The molecule has 2 heterocycles. The van der Waals surface area contributed by atoms with E-state index in [1.165, 1.54) is 12.1 Å². The van der Waals surface area contributed by atoms with Crippen LogP contribution in [0.15, 0.2) is 42.5 Å². The van der Waals surface area contributed by atoms with Crippen molar-refractivity contribution < 1.29 is 4.39 Å². The number of aromatic nitrogens is 4. The summed E-state index contributed by atoms with van der Waals surface area (Å²) in [7, 11) is 0. The van der Waals surface area contributed by atoms with Crippen LogP contribution in [0.5, 0.6) is 0 Å². The number of hydrogen-bond acceptors (Lipinski definition) is 3. The van der Waals surface area contributed by atoms with Crippen molar-refractivity contribution in [2.24, 2.45) is 0 Å². The highest BCUT2D eigenvalue weighted by molar-refractivity contribution is 6.29. The third-order valence-electron chi connectivity index (χ3n) is 5.17. The molecule has 0 saturated heterocycles. The van der Waals surface area contributed by atoms with E-state index < -0.39 is 5.41 Å². The summed E-state index contributed by atoms with van der Waals surface area (Å²) in [5.74, 6) is 2.21. The molecule has 27 heavy (non-hydrogen) atoms. The second kappa shape index (κ2) is 7.04. The van der Waals surface area contributed by atoms with E-state index in [9.17, 15) is 4.39 Å². The fourth-order valence-electron chi connectivity index (χ4n) is 3.40. The molecule has 0 atom stereocenters. The number of nitrogens with zero attached hydrogens (tertiary/aromatic N) is 4. The van der Waals surface area contributed by atoms with Crippen molar-refractivity contribution in [1.29, 1.82) is 0 Å². The van der Waals surface area contributed by atoms with Gasteiger partial charge < -0.3 is 4.57 Å². The maximum absolute atomic E-state index is 13.2. The van der Waals surface area contributed by atoms with Crippen LogP contribution in [0.4, 0.5) is 4.39 Å². The monoisotopic (exact) mass is 384 g/mol. The molecule has 1 aliphatic rings. The fourth-order valence-corrected chi connectivity index (χ4v) is 3.57. The Hall–Kier alpha value is -2.27. The first kappa shape index (κ1) is 18.1. The smallest absolute Gasteiger partial charge is 0.144 e. The van der Waals surface area contributed by atoms with Crippen molar-refractivity contribution in [2.75, 3.05) is 0 Å². The van der Waals surface area contributed by atoms with E-state index in [0.29, 0.717) is 11.1 Å². The summed E-state index contributed by atoms with van der Waals surface area (Å²) in [6, 6.07) is 12.3. The molecule has 4 rings (SSSR count). The molecular formula is C21H22ClFN4. The van der Waals surface area contributed by atoms with Crippen molar-refractivity contribution in [3.05, 3.63) is 76.3 Å². The molecule has 6 heteroatoms. The quantitative estimate of drug-likeness (QED) is 0.567. The minimum absolute atomic E-state index is 0.212. The van der Waals surface area contributed by atoms with Gasteiger partial charge in [-0.3, -0.25) is 0 Å². The summed E-state index contributed by atoms with van der Waals surface area (Å²) in [6.07, 6.45) is 3.11. The van der Waals surface area contributed by atoms with Gasteiger partial charge in [-0.15, -0.1) is 10.2 Å². The molecule has 0 aliphatic heterocycles. The molecule has 1 aromatic carbocycles. The third kappa shape index (κ3) is 3.74. The van der Waals surface area contributed by atoms with Crippen LogP contribution in [0.3, 0.4) is 0 Å². The van der Waals surface area contributed by atoms with Gasteiger partial charge in [0.1, 0.15) is 22.6 Å². The zero-order valence-electron chi connectivity index (χ0n) is 15.5. The van der Waals surface area contributed by atoms with Crippen LogP contribution in [0.25, 0.3) is 0 Å². The Morgan fingerprint density at radius 2 is 1.85 bits per heavy atom. The maximum atomic E-state index is 13.2. The maximum Gasteiger partial charge on any atom is 0.144 e. The number of aryl methyl sites for hydroxylation is 1. The van der Waals surface area contributed by atoms with Crippen LogP contribution in [-0.2, 0) is 18.4 Å². The zero-order valence-corrected chi connectivity index (χ0v) is 16.2. The second-order valence-corrected chi connectivity index (χ2v) is 8.04. The van der Waals surface area contributed by atoms with Crippen molar-refractivity contribution >= 4 is 11.6 Å².